The van der Waals surface area contributed by atoms with E-state index in [0.29, 0.717) is 11.6 Å². The zero-order valence-electron chi connectivity index (χ0n) is 13.9. The van der Waals surface area contributed by atoms with Crippen molar-refractivity contribution in [3.8, 4) is 5.75 Å². The molecule has 2 heterocycles. The third-order valence-corrected chi connectivity index (χ3v) is 5.11. The molecule has 0 aliphatic carbocycles. The lowest BCUT2D eigenvalue weighted by Gasteiger charge is -2.09. The molecule has 0 saturated carbocycles. The number of nitrogens with two attached hydrogens (primary N) is 1. The molecule has 0 radical (unpaired) electrons. The van der Waals surface area contributed by atoms with Gasteiger partial charge in [-0.25, -0.2) is 0 Å². The maximum Gasteiger partial charge on any atom is 0.162 e. The second kappa shape index (κ2) is 6.70. The van der Waals surface area contributed by atoms with Crippen LogP contribution >= 0.6 is 11.8 Å². The fraction of sp³-hybridized carbons (Fsp3) is 0.294. The molecule has 1 aliphatic rings. The van der Waals surface area contributed by atoms with E-state index in [4.69, 9.17) is 15.9 Å². The van der Waals surface area contributed by atoms with Gasteiger partial charge in [-0.3, -0.25) is 10.5 Å². The van der Waals surface area contributed by atoms with Crippen molar-refractivity contribution >= 4 is 28.2 Å². The number of nitrogens with zero attached hydrogens (tertiary/aromatic N) is 1. The Hall–Kier alpha value is -2.25. The van der Waals surface area contributed by atoms with Crippen molar-refractivity contribution in [2.24, 2.45) is 5.73 Å². The molecule has 24 heavy (non-hydrogen) atoms. The number of fused-ring (bicyclic) bond motifs is 1. The van der Waals surface area contributed by atoms with Crippen LogP contribution in [0.3, 0.4) is 0 Å². The molecule has 6 nitrogen and oxygen atoms in total. The molecule has 3 rings (SSSR count). The third-order valence-electron chi connectivity index (χ3n) is 4.10. The molecule has 1 unspecified atom stereocenters. The monoisotopic (exact) mass is 343 g/mol. The van der Waals surface area contributed by atoms with Gasteiger partial charge in [0.25, 0.3) is 0 Å². The van der Waals surface area contributed by atoms with Gasteiger partial charge in [0.15, 0.2) is 5.82 Å². The summed E-state index contributed by atoms with van der Waals surface area (Å²) in [6.45, 7) is 4.55. The smallest absolute Gasteiger partial charge is 0.162 e. The van der Waals surface area contributed by atoms with Crippen LogP contribution in [-0.2, 0) is 6.54 Å². The number of hydrogen-bond acceptors (Lipinski definition) is 6. The highest BCUT2D eigenvalue weighted by Crippen LogP contribution is 2.45. The number of methoxy groups -OCH3 is 1. The van der Waals surface area contributed by atoms with E-state index >= 15 is 0 Å². The Balaban J connectivity index is 1.79. The summed E-state index contributed by atoms with van der Waals surface area (Å²) in [6, 6.07) is 7.80. The zero-order chi connectivity index (χ0) is 17.3. The molecule has 1 aromatic heterocycles. The van der Waals surface area contributed by atoms with Gasteiger partial charge in [0, 0.05) is 18.2 Å². The summed E-state index contributed by atoms with van der Waals surface area (Å²) in [6.07, 6.45) is 0. The third kappa shape index (κ3) is 3.05. The van der Waals surface area contributed by atoms with E-state index < -0.39 is 0 Å². The molecule has 126 valence electrons. The van der Waals surface area contributed by atoms with E-state index in [0.717, 1.165) is 38.9 Å². The van der Waals surface area contributed by atoms with Crippen LogP contribution in [0.1, 0.15) is 25.1 Å². The molecule has 1 aromatic carbocycles. The minimum absolute atomic E-state index is 0.0918. The van der Waals surface area contributed by atoms with Gasteiger partial charge in [-0.15, -0.1) is 0 Å². The van der Waals surface area contributed by atoms with Crippen molar-refractivity contribution < 1.29 is 4.74 Å². The minimum Gasteiger partial charge on any atom is -0.497 e. The van der Waals surface area contributed by atoms with Crippen LogP contribution in [-0.4, -0.2) is 28.4 Å². The fourth-order valence-corrected chi connectivity index (χ4v) is 3.55. The number of ether oxygens (including phenoxy) is 1. The Morgan fingerprint density at radius 2 is 2.12 bits per heavy atom. The standard InChI is InChI=1S/C17H21N5OS/c1-9(10(2)18)13-14-15(24-16(13)19)17(22-21-14)20-8-11-4-6-12(23-3)7-5-11/h4-7,10,19H,8,18H2,1-3H3,(H2,20,21,22)/b13-9-,19-16?. The van der Waals surface area contributed by atoms with Crippen LogP contribution in [0, 0.1) is 5.41 Å². The Morgan fingerprint density at radius 1 is 1.42 bits per heavy atom. The first kappa shape index (κ1) is 16.6. The first-order valence-electron chi connectivity index (χ1n) is 7.70. The molecule has 1 atom stereocenters. The second-order valence-corrected chi connectivity index (χ2v) is 6.78. The molecule has 0 amide bonds. The summed E-state index contributed by atoms with van der Waals surface area (Å²) < 4.78 is 5.17. The predicted molar refractivity (Wildman–Crippen MR) is 98.7 cm³/mol. The number of H-pyrrole nitrogens is 1. The number of aromatic nitrogens is 2. The molecule has 1 aliphatic heterocycles. The molecule has 5 N–H and O–H groups in total. The highest BCUT2D eigenvalue weighted by atomic mass is 32.2. The largest absolute Gasteiger partial charge is 0.497 e. The maximum absolute atomic E-state index is 8.23. The first-order chi connectivity index (χ1) is 11.5. The van der Waals surface area contributed by atoms with Crippen LogP contribution in [0.5, 0.6) is 5.75 Å². The molecular weight excluding hydrogens is 322 g/mol. The molecule has 0 fully saturated rings. The van der Waals surface area contributed by atoms with Crippen molar-refractivity contribution in [2.75, 3.05) is 12.4 Å². The topological polar surface area (TPSA) is 99.8 Å². The van der Waals surface area contributed by atoms with E-state index in [1.807, 2.05) is 38.1 Å². The van der Waals surface area contributed by atoms with Gasteiger partial charge in [0.05, 0.1) is 17.7 Å². The van der Waals surface area contributed by atoms with Crippen molar-refractivity contribution in [3.05, 3.63) is 41.1 Å². The van der Waals surface area contributed by atoms with Gasteiger partial charge in [-0.1, -0.05) is 23.9 Å². The van der Waals surface area contributed by atoms with Gasteiger partial charge in [0.2, 0.25) is 0 Å². The summed E-state index contributed by atoms with van der Waals surface area (Å²) in [4.78, 5) is 0.962. The summed E-state index contributed by atoms with van der Waals surface area (Å²) in [5.41, 5.74) is 9.86. The number of hydrogen-bond donors (Lipinski definition) is 4. The fourth-order valence-electron chi connectivity index (χ4n) is 2.52. The van der Waals surface area contributed by atoms with Gasteiger partial charge in [-0.05, 0) is 37.1 Å². The highest BCUT2D eigenvalue weighted by molar-refractivity contribution is 8.15. The second-order valence-electron chi connectivity index (χ2n) is 5.76. The van der Waals surface area contributed by atoms with Crippen LogP contribution in [0.2, 0.25) is 0 Å². The SMILES string of the molecule is COc1ccc(CNc2n[nH]c3c2SC(=N)/C3=C(/C)C(C)N)cc1. The number of aromatic amines is 1. The molecule has 0 spiro atoms. The maximum atomic E-state index is 8.23. The Kier molecular flexibility index (Phi) is 4.64. The van der Waals surface area contributed by atoms with Gasteiger partial charge >= 0.3 is 0 Å². The molecule has 0 saturated heterocycles. The van der Waals surface area contributed by atoms with Crippen molar-refractivity contribution in [2.45, 2.75) is 31.3 Å². The highest BCUT2D eigenvalue weighted by Gasteiger charge is 2.30. The number of anilines is 1. The van der Waals surface area contributed by atoms with Crippen molar-refractivity contribution in [1.82, 2.24) is 10.2 Å². The van der Waals surface area contributed by atoms with Gasteiger partial charge in [0.1, 0.15) is 10.8 Å². The lowest BCUT2D eigenvalue weighted by Crippen LogP contribution is -2.18. The van der Waals surface area contributed by atoms with Crippen LogP contribution < -0.4 is 15.8 Å². The lowest BCUT2D eigenvalue weighted by molar-refractivity contribution is 0.414. The summed E-state index contributed by atoms with van der Waals surface area (Å²) >= 11 is 1.41. The number of rotatable bonds is 5. The van der Waals surface area contributed by atoms with Crippen molar-refractivity contribution in [3.63, 3.8) is 0 Å². The average Bonchev–Trinajstić information content (AvgIpc) is 3.10. The number of thioether (sulfide) groups is 1. The first-order valence-corrected chi connectivity index (χ1v) is 8.51. The van der Waals surface area contributed by atoms with Gasteiger partial charge < -0.3 is 15.8 Å². The Bertz CT molecular complexity index is 792. The molecular formula is C17H21N5OS. The lowest BCUT2D eigenvalue weighted by atomic mass is 10.0. The van der Waals surface area contributed by atoms with Crippen LogP contribution in [0.25, 0.3) is 5.57 Å². The van der Waals surface area contributed by atoms with Crippen LogP contribution in [0.4, 0.5) is 5.82 Å². The van der Waals surface area contributed by atoms with E-state index in [2.05, 4.69) is 15.5 Å². The zero-order valence-corrected chi connectivity index (χ0v) is 14.8. The molecule has 7 heteroatoms. The van der Waals surface area contributed by atoms with Gasteiger partial charge in [-0.2, -0.15) is 5.10 Å². The minimum atomic E-state index is -0.0918. The van der Waals surface area contributed by atoms with E-state index in [-0.39, 0.29) is 6.04 Å². The summed E-state index contributed by atoms with van der Waals surface area (Å²) in [5, 5.41) is 19.5. The molecule has 0 bridgehead atoms. The quantitative estimate of drug-likeness (QED) is 0.668. The van der Waals surface area contributed by atoms with E-state index in [9.17, 15) is 0 Å². The normalized spacial score (nSPS) is 16.8. The predicted octanol–water partition coefficient (Wildman–Crippen LogP) is 3.23. The summed E-state index contributed by atoms with van der Waals surface area (Å²) in [5.74, 6) is 1.60. The Labute approximate surface area is 145 Å². The van der Waals surface area contributed by atoms with Crippen LogP contribution in [0.15, 0.2) is 34.7 Å². The number of nitrogens with one attached hydrogen (secondary N) is 3. The van der Waals surface area contributed by atoms with Crippen molar-refractivity contribution in [1.29, 1.82) is 5.41 Å². The van der Waals surface area contributed by atoms with E-state index in [1.165, 1.54) is 11.8 Å². The van der Waals surface area contributed by atoms with E-state index in [1.54, 1.807) is 7.11 Å². The number of benzene rings is 1. The Morgan fingerprint density at radius 3 is 2.75 bits per heavy atom. The average molecular weight is 343 g/mol. The summed E-state index contributed by atoms with van der Waals surface area (Å²) in [7, 11) is 1.65. The molecule has 2 aromatic rings.